The summed E-state index contributed by atoms with van der Waals surface area (Å²) in [5, 5.41) is 7.34. The predicted octanol–water partition coefficient (Wildman–Crippen LogP) is 2.23. The van der Waals surface area contributed by atoms with Gasteiger partial charge < -0.3 is 9.88 Å². The summed E-state index contributed by atoms with van der Waals surface area (Å²) in [7, 11) is 0. The molecule has 1 fully saturated rings. The summed E-state index contributed by atoms with van der Waals surface area (Å²) in [6.45, 7) is 5.13. The van der Waals surface area contributed by atoms with E-state index in [0.717, 1.165) is 34.1 Å². The molecule has 4 aromatic rings. The zero-order chi connectivity index (χ0) is 20.0. The highest BCUT2D eigenvalue weighted by molar-refractivity contribution is 5.94. The van der Waals surface area contributed by atoms with Gasteiger partial charge in [-0.1, -0.05) is 12.1 Å². The molecular formula is C20H20N8O. The topological polar surface area (TPSA) is 105 Å². The van der Waals surface area contributed by atoms with E-state index in [1.807, 2.05) is 50.2 Å². The molecule has 0 saturated carbocycles. The molecule has 1 saturated heterocycles. The quantitative estimate of drug-likeness (QED) is 0.556. The Morgan fingerprint density at radius 1 is 1.14 bits per heavy atom. The molecular weight excluding hydrogens is 368 g/mol. The van der Waals surface area contributed by atoms with E-state index < -0.39 is 0 Å². The number of aryl methyl sites for hydroxylation is 2. The second-order valence-electron chi connectivity index (χ2n) is 7.27. The fourth-order valence-electron chi connectivity index (χ4n) is 3.55. The smallest absolute Gasteiger partial charge is 0.233 e. The molecule has 2 N–H and O–H groups in total. The van der Waals surface area contributed by atoms with Gasteiger partial charge in [0.05, 0.1) is 22.6 Å². The molecule has 5 rings (SSSR count). The molecule has 0 spiro atoms. The molecule has 0 radical (unpaired) electrons. The van der Waals surface area contributed by atoms with Crippen LogP contribution in [-0.4, -0.2) is 48.7 Å². The highest BCUT2D eigenvalue weighted by atomic mass is 16.2. The van der Waals surface area contributed by atoms with Crippen LogP contribution in [0.25, 0.3) is 16.9 Å². The number of aromatic nitrogens is 6. The SMILES string of the molecule is Cc1cc(C)n(-c2cc(N3CC(C(=O)Nc4nc5ccccc5[nH]4)C3)ncn2)n1. The van der Waals surface area contributed by atoms with Crippen LogP contribution in [0, 0.1) is 19.8 Å². The number of nitrogens with one attached hydrogen (secondary N) is 2. The molecule has 1 aliphatic rings. The summed E-state index contributed by atoms with van der Waals surface area (Å²) >= 11 is 0. The lowest BCUT2D eigenvalue weighted by atomic mass is 9.99. The van der Waals surface area contributed by atoms with Crippen molar-refractivity contribution in [3.8, 4) is 5.82 Å². The molecule has 9 heteroatoms. The van der Waals surface area contributed by atoms with Crippen molar-refractivity contribution in [2.45, 2.75) is 13.8 Å². The molecule has 0 atom stereocenters. The van der Waals surface area contributed by atoms with E-state index in [1.54, 1.807) is 4.68 Å². The van der Waals surface area contributed by atoms with Crippen LogP contribution in [0.4, 0.5) is 11.8 Å². The van der Waals surface area contributed by atoms with Crippen LogP contribution >= 0.6 is 0 Å². The maximum atomic E-state index is 12.5. The number of para-hydroxylation sites is 2. The Bertz CT molecular complexity index is 1170. The van der Waals surface area contributed by atoms with E-state index in [-0.39, 0.29) is 11.8 Å². The zero-order valence-electron chi connectivity index (χ0n) is 16.1. The Hall–Kier alpha value is -3.75. The second-order valence-corrected chi connectivity index (χ2v) is 7.27. The van der Waals surface area contributed by atoms with Crippen LogP contribution in [0.5, 0.6) is 0 Å². The van der Waals surface area contributed by atoms with Crippen molar-refractivity contribution >= 4 is 28.7 Å². The number of rotatable bonds is 4. The number of hydrogen-bond acceptors (Lipinski definition) is 6. The van der Waals surface area contributed by atoms with Crippen molar-refractivity contribution in [2.24, 2.45) is 5.92 Å². The molecule has 4 heterocycles. The van der Waals surface area contributed by atoms with Crippen LogP contribution in [0.3, 0.4) is 0 Å². The van der Waals surface area contributed by atoms with E-state index in [0.29, 0.717) is 19.0 Å². The van der Waals surface area contributed by atoms with Crippen molar-refractivity contribution in [3.05, 3.63) is 54.1 Å². The third kappa shape index (κ3) is 3.20. The summed E-state index contributed by atoms with van der Waals surface area (Å²) in [5.74, 6) is 1.82. The van der Waals surface area contributed by atoms with Gasteiger partial charge in [0.2, 0.25) is 11.9 Å². The highest BCUT2D eigenvalue weighted by Gasteiger charge is 2.34. The number of aromatic amines is 1. The first-order valence-electron chi connectivity index (χ1n) is 9.43. The third-order valence-corrected chi connectivity index (χ3v) is 5.07. The van der Waals surface area contributed by atoms with E-state index in [2.05, 4.69) is 35.3 Å². The van der Waals surface area contributed by atoms with Crippen molar-refractivity contribution in [2.75, 3.05) is 23.3 Å². The minimum Gasteiger partial charge on any atom is -0.355 e. The Labute approximate surface area is 166 Å². The number of carbonyl (C=O) groups excluding carboxylic acids is 1. The van der Waals surface area contributed by atoms with Gasteiger partial charge in [0.25, 0.3) is 0 Å². The minimum atomic E-state index is -0.115. The summed E-state index contributed by atoms with van der Waals surface area (Å²) in [4.78, 5) is 30.8. The standard InChI is InChI=1S/C20H20N8O/c1-12-7-13(2)28(26-12)18-8-17(21-11-22-18)27-9-14(10-27)19(29)25-20-23-15-5-3-4-6-16(15)24-20/h3-8,11,14H,9-10H2,1-2H3,(H2,23,24,25,29). The lowest BCUT2D eigenvalue weighted by molar-refractivity contribution is -0.120. The number of nitrogens with zero attached hydrogens (tertiary/aromatic N) is 6. The summed E-state index contributed by atoms with van der Waals surface area (Å²) in [6.07, 6.45) is 1.53. The first-order chi connectivity index (χ1) is 14.1. The summed E-state index contributed by atoms with van der Waals surface area (Å²) in [6, 6.07) is 11.6. The number of fused-ring (bicyclic) bond motifs is 1. The highest BCUT2D eigenvalue weighted by Crippen LogP contribution is 2.25. The third-order valence-electron chi connectivity index (χ3n) is 5.07. The molecule has 0 aliphatic carbocycles. The summed E-state index contributed by atoms with van der Waals surface area (Å²) in [5.41, 5.74) is 3.68. The van der Waals surface area contributed by atoms with Crippen molar-refractivity contribution in [1.29, 1.82) is 0 Å². The largest absolute Gasteiger partial charge is 0.355 e. The number of benzene rings is 1. The van der Waals surface area contributed by atoms with Crippen LogP contribution < -0.4 is 10.2 Å². The van der Waals surface area contributed by atoms with Crippen LogP contribution in [-0.2, 0) is 4.79 Å². The molecule has 1 aliphatic heterocycles. The van der Waals surface area contributed by atoms with Crippen LogP contribution in [0.15, 0.2) is 42.7 Å². The number of carbonyl (C=O) groups is 1. The maximum absolute atomic E-state index is 12.5. The average molecular weight is 388 g/mol. The molecule has 3 aromatic heterocycles. The fourth-order valence-corrected chi connectivity index (χ4v) is 3.55. The second kappa shape index (κ2) is 6.69. The molecule has 0 bridgehead atoms. The van der Waals surface area contributed by atoms with Gasteiger partial charge in [-0.25, -0.2) is 19.6 Å². The minimum absolute atomic E-state index is 0.0480. The van der Waals surface area contributed by atoms with Crippen molar-refractivity contribution in [3.63, 3.8) is 0 Å². The maximum Gasteiger partial charge on any atom is 0.233 e. The van der Waals surface area contributed by atoms with Crippen molar-refractivity contribution in [1.82, 2.24) is 29.7 Å². The van der Waals surface area contributed by atoms with Crippen LogP contribution in [0.2, 0.25) is 0 Å². The van der Waals surface area contributed by atoms with Crippen molar-refractivity contribution < 1.29 is 4.79 Å². The summed E-state index contributed by atoms with van der Waals surface area (Å²) < 4.78 is 1.80. The van der Waals surface area contributed by atoms with Gasteiger partial charge in [-0.05, 0) is 32.0 Å². The first-order valence-corrected chi connectivity index (χ1v) is 9.43. The van der Waals surface area contributed by atoms with Crippen LogP contribution in [0.1, 0.15) is 11.4 Å². The Morgan fingerprint density at radius 3 is 2.69 bits per heavy atom. The van der Waals surface area contributed by atoms with Gasteiger partial charge in [-0.3, -0.25) is 10.1 Å². The van der Waals surface area contributed by atoms with E-state index in [4.69, 9.17) is 0 Å². The van der Waals surface area contributed by atoms with E-state index >= 15 is 0 Å². The van der Waals surface area contributed by atoms with Gasteiger partial charge in [-0.2, -0.15) is 5.10 Å². The normalized spacial score (nSPS) is 14.2. The molecule has 1 aromatic carbocycles. The average Bonchev–Trinajstić information content (AvgIpc) is 3.22. The number of H-pyrrole nitrogens is 1. The zero-order valence-corrected chi connectivity index (χ0v) is 16.1. The van der Waals surface area contributed by atoms with Gasteiger partial charge in [0.15, 0.2) is 5.82 Å². The lowest BCUT2D eigenvalue weighted by Crippen LogP contribution is -2.52. The van der Waals surface area contributed by atoms with E-state index in [9.17, 15) is 4.79 Å². The lowest BCUT2D eigenvalue weighted by Gasteiger charge is -2.38. The van der Waals surface area contributed by atoms with Gasteiger partial charge in [0, 0.05) is 24.8 Å². The monoisotopic (exact) mass is 388 g/mol. The Kier molecular flexibility index (Phi) is 4.01. The molecule has 9 nitrogen and oxygen atoms in total. The molecule has 29 heavy (non-hydrogen) atoms. The number of anilines is 2. The van der Waals surface area contributed by atoms with Gasteiger partial charge >= 0.3 is 0 Å². The number of imidazole rings is 1. The molecule has 1 amide bonds. The van der Waals surface area contributed by atoms with Gasteiger partial charge in [0.1, 0.15) is 12.1 Å². The first kappa shape index (κ1) is 17.4. The molecule has 0 unspecified atom stereocenters. The number of hydrogen-bond donors (Lipinski definition) is 2. The predicted molar refractivity (Wildman–Crippen MR) is 109 cm³/mol. The fraction of sp³-hybridized carbons (Fsp3) is 0.250. The molecule has 146 valence electrons. The Balaban J connectivity index is 1.25. The van der Waals surface area contributed by atoms with E-state index in [1.165, 1.54) is 6.33 Å². The Morgan fingerprint density at radius 2 is 1.93 bits per heavy atom. The number of amides is 1. The van der Waals surface area contributed by atoms with Gasteiger partial charge in [-0.15, -0.1) is 0 Å².